The van der Waals surface area contributed by atoms with E-state index in [-0.39, 0.29) is 46.9 Å². The summed E-state index contributed by atoms with van der Waals surface area (Å²) in [4.78, 5) is 0. The summed E-state index contributed by atoms with van der Waals surface area (Å²) in [5.74, 6) is 0. The molecule has 3 nitrogen and oxygen atoms in total. The van der Waals surface area contributed by atoms with E-state index in [4.69, 9.17) is 13.9 Å². The second-order valence-electron chi connectivity index (χ2n) is 3.66. The number of hydrogen-bond donors (Lipinski definition) is 0. The van der Waals surface area contributed by atoms with E-state index in [0.29, 0.717) is 0 Å². The third kappa shape index (κ3) is 32.1. The number of hydrogen-bond acceptors (Lipinski definition) is 3. The van der Waals surface area contributed by atoms with Gasteiger partial charge in [-0.3, -0.25) is 0 Å². The first-order chi connectivity index (χ1) is 6.81. The van der Waals surface area contributed by atoms with Crippen LogP contribution in [0.15, 0.2) is 0 Å². The van der Waals surface area contributed by atoms with Gasteiger partial charge in [-0.2, -0.15) is 0 Å². The van der Waals surface area contributed by atoms with Crippen LogP contribution in [0.4, 0.5) is 0 Å². The molecular weight excluding hydrogens is 272 g/mol. The van der Waals surface area contributed by atoms with Crippen molar-refractivity contribution >= 4 is 18.6 Å². The first kappa shape index (κ1) is 36.5. The summed E-state index contributed by atoms with van der Waals surface area (Å²) in [5, 5.41) is 0. The predicted molar refractivity (Wildman–Crippen MR) is 99.0 cm³/mol. The Morgan fingerprint density at radius 2 is 1.47 bits per heavy atom. The zero-order chi connectivity index (χ0) is 10.6. The Morgan fingerprint density at radius 1 is 0.895 bits per heavy atom. The maximum Gasteiger partial charge on any atom is 0.186 e. The van der Waals surface area contributed by atoms with Crippen molar-refractivity contribution in [3.63, 3.8) is 0 Å². The highest BCUT2D eigenvalue weighted by molar-refractivity contribution is 6.57. The Bertz CT molecular complexity index is 105. The largest absolute Gasteiger partial charge is 0.425 e. The van der Waals surface area contributed by atoms with E-state index in [1.54, 1.807) is 14.2 Å². The summed E-state index contributed by atoms with van der Waals surface area (Å²) in [6.45, 7) is 3.29. The smallest absolute Gasteiger partial charge is 0.186 e. The van der Waals surface area contributed by atoms with E-state index >= 15 is 0 Å². The Kier molecular flexibility index (Phi) is 59.6. The number of rotatable bonds is 10. The second-order valence-corrected chi connectivity index (χ2v) is 8.01. The lowest BCUT2D eigenvalue weighted by molar-refractivity contribution is 0.194. The van der Waals surface area contributed by atoms with Crippen LogP contribution in [0.25, 0.3) is 0 Å². The quantitative estimate of drug-likeness (QED) is 0.454. The molecule has 0 heterocycles. The molecule has 0 radical (unpaired) electrons. The van der Waals surface area contributed by atoms with Crippen molar-refractivity contribution < 1.29 is 13.9 Å². The maximum atomic E-state index is 5.64. The lowest BCUT2D eigenvalue weighted by Crippen LogP contribution is -2.20. The highest BCUT2D eigenvalue weighted by atomic mass is 28.3. The van der Waals surface area contributed by atoms with Crippen molar-refractivity contribution in [1.82, 2.24) is 0 Å². The van der Waals surface area contributed by atoms with E-state index in [1.807, 2.05) is 0 Å². The van der Waals surface area contributed by atoms with Crippen molar-refractivity contribution in [2.75, 3.05) is 33.3 Å². The van der Waals surface area contributed by atoms with Crippen LogP contribution in [-0.2, 0) is 13.9 Å². The minimum absolute atomic E-state index is 0. The van der Waals surface area contributed by atoms with Crippen LogP contribution in [-0.4, -0.2) is 51.8 Å². The monoisotopic (exact) mass is 316 g/mol. The molecule has 0 rings (SSSR count). The van der Waals surface area contributed by atoms with Crippen LogP contribution in [0.5, 0.6) is 0 Å². The number of ether oxygens (including phenoxy) is 2. The molecule has 0 amide bonds. The van der Waals surface area contributed by atoms with Gasteiger partial charge in [0.2, 0.25) is 0 Å². The second kappa shape index (κ2) is 31.0. The predicted octanol–water partition coefficient (Wildman–Crippen LogP) is 3.69. The van der Waals surface area contributed by atoms with Crippen LogP contribution >= 0.6 is 0 Å². The molecule has 0 aliphatic rings. The van der Waals surface area contributed by atoms with Gasteiger partial charge >= 0.3 is 0 Å². The van der Waals surface area contributed by atoms with Crippen LogP contribution in [0.3, 0.4) is 0 Å². The van der Waals surface area contributed by atoms with Gasteiger partial charge in [0, 0.05) is 27.1 Å². The fourth-order valence-electron chi connectivity index (χ4n) is 1.25. The van der Waals surface area contributed by atoms with Crippen molar-refractivity contribution in [3.05, 3.63) is 0 Å². The molecule has 126 valence electrons. The number of unbranched alkanes of at least 4 members (excludes halogenated alkanes) is 1. The van der Waals surface area contributed by atoms with E-state index in [0.717, 1.165) is 19.1 Å². The van der Waals surface area contributed by atoms with Gasteiger partial charge in [0.05, 0.1) is 15.0 Å². The molecule has 0 aromatic carbocycles. The topological polar surface area (TPSA) is 27.7 Å². The van der Waals surface area contributed by atoms with Gasteiger partial charge in [-0.25, -0.2) is 0 Å². The maximum absolute atomic E-state index is 5.64. The third-order valence-corrected chi connectivity index (χ3v) is 5.90. The lowest BCUT2D eigenvalue weighted by Gasteiger charge is -2.10. The molecule has 0 aliphatic carbocycles. The highest BCUT2D eigenvalue weighted by Crippen LogP contribution is 2.01. The summed E-state index contributed by atoms with van der Waals surface area (Å²) in [7, 11) is 2.54. The minimum Gasteiger partial charge on any atom is -0.425 e. The zero-order valence-corrected chi connectivity index (χ0v) is 12.3. The Balaban J connectivity index is -0.0000000845. The van der Waals surface area contributed by atoms with E-state index < -0.39 is 8.80 Å². The Hall–Kier alpha value is 0.314. The molecule has 1 unspecified atom stereocenters. The third-order valence-electron chi connectivity index (χ3n) is 2.13. The fraction of sp³-hybridized carbons (Fsp3) is 1.00. The van der Waals surface area contributed by atoms with Gasteiger partial charge < -0.3 is 13.9 Å². The molecule has 0 fully saturated rings. The minimum atomic E-state index is -0.586. The van der Waals surface area contributed by atoms with Crippen molar-refractivity contribution in [2.24, 2.45) is 0 Å². The van der Waals surface area contributed by atoms with Crippen molar-refractivity contribution in [3.8, 4) is 0 Å². The van der Waals surface area contributed by atoms with Crippen LogP contribution < -0.4 is 0 Å². The molecule has 0 aromatic heterocycles. The highest BCUT2D eigenvalue weighted by Gasteiger charge is 2.03. The van der Waals surface area contributed by atoms with Gasteiger partial charge in [-0.05, 0) is 6.42 Å². The summed E-state index contributed by atoms with van der Waals surface area (Å²) >= 11 is 0. The van der Waals surface area contributed by atoms with Crippen molar-refractivity contribution in [1.29, 1.82) is 0 Å². The van der Waals surface area contributed by atoms with Gasteiger partial charge in [0.1, 0.15) is 0 Å². The van der Waals surface area contributed by atoms with E-state index in [2.05, 4.69) is 6.55 Å². The van der Waals surface area contributed by atoms with Crippen LogP contribution in [0.2, 0.25) is 12.6 Å². The molecular formula is C14H44O3Si2. The summed E-state index contributed by atoms with van der Waals surface area (Å²) in [6.07, 6.45) is 4.40. The molecule has 0 aromatic rings. The van der Waals surface area contributed by atoms with Gasteiger partial charge in [0.15, 0.2) is 9.76 Å². The molecule has 0 N–H and O–H groups in total. The molecule has 1 atom stereocenters. The first-order valence-electron chi connectivity index (χ1n) is 5.37. The van der Waals surface area contributed by atoms with Crippen LogP contribution in [0.1, 0.15) is 50.0 Å². The average Bonchev–Trinajstić information content (AvgIpc) is 2.19. The normalized spacial score (nSPS) is 10.3. The zero-order valence-electron chi connectivity index (χ0n) is 9.75. The molecule has 0 saturated carbocycles. The van der Waals surface area contributed by atoms with Crippen molar-refractivity contribution in [2.45, 2.75) is 62.6 Å². The average molecular weight is 317 g/mol. The molecule has 0 saturated heterocycles. The van der Waals surface area contributed by atoms with Gasteiger partial charge in [-0.15, -0.1) is 0 Å². The molecule has 19 heavy (non-hydrogen) atoms. The lowest BCUT2D eigenvalue weighted by atomic mass is 10.4. The fourth-order valence-corrected chi connectivity index (χ4v) is 4.96. The molecule has 0 spiro atoms. The summed E-state index contributed by atoms with van der Waals surface area (Å²) in [5.41, 5.74) is 0. The van der Waals surface area contributed by atoms with Gasteiger partial charge in [0.25, 0.3) is 0 Å². The standard InChI is InChI=1S/C9H24O3Si2.5CH4/c1-10-6-4-5-7-14(3)9-12-13-8-11-2;;;;;/h14H,4-9,13H2,1-3H3;5*1H4. The Labute approximate surface area is 129 Å². The van der Waals surface area contributed by atoms with Crippen LogP contribution in [0, 0.1) is 0 Å². The molecule has 5 heteroatoms. The first-order valence-corrected chi connectivity index (χ1v) is 9.73. The molecule has 0 aliphatic heterocycles. The Morgan fingerprint density at radius 3 is 1.95 bits per heavy atom. The summed E-state index contributed by atoms with van der Waals surface area (Å²) < 4.78 is 15.6. The van der Waals surface area contributed by atoms with E-state index in [9.17, 15) is 0 Å². The SMILES string of the molecule is C.C.C.C.C.COCCCC[SiH](C)CO[SiH2]COC. The van der Waals surface area contributed by atoms with Gasteiger partial charge in [-0.1, -0.05) is 56.1 Å². The van der Waals surface area contributed by atoms with E-state index in [1.165, 1.54) is 18.9 Å². The molecule has 0 bridgehead atoms. The summed E-state index contributed by atoms with van der Waals surface area (Å²) in [6, 6.07) is 1.38. The number of methoxy groups -OCH3 is 2.